The van der Waals surface area contributed by atoms with E-state index in [0.29, 0.717) is 29.2 Å². The number of benzene rings is 2. The van der Waals surface area contributed by atoms with E-state index in [1.54, 1.807) is 17.0 Å². The van der Waals surface area contributed by atoms with Crippen molar-refractivity contribution in [2.75, 3.05) is 13.6 Å². The second-order valence-corrected chi connectivity index (χ2v) is 8.00. The van der Waals surface area contributed by atoms with Crippen LogP contribution in [0.1, 0.15) is 41.2 Å². The Morgan fingerprint density at radius 2 is 2.00 bits per heavy atom. The standard InChI is InChI=1S/C20H23BrClN3O/c1-25(20(26)17-10-9-15(21)12-18(17)22)11-5-8-16-13-19(24-23-16)14-6-3-2-4-7-14/h2-4,6-7,9-10,12,16,19,23-24H,5,8,11,13H2,1H3. The van der Waals surface area contributed by atoms with Gasteiger partial charge >= 0.3 is 0 Å². The van der Waals surface area contributed by atoms with Gasteiger partial charge in [-0.15, -0.1) is 0 Å². The molecule has 2 atom stereocenters. The van der Waals surface area contributed by atoms with Crippen LogP contribution >= 0.6 is 27.5 Å². The molecule has 0 spiro atoms. The molecule has 2 aromatic rings. The van der Waals surface area contributed by atoms with Gasteiger partial charge in [-0.05, 0) is 43.0 Å². The average molecular weight is 437 g/mol. The number of hydrazine groups is 1. The van der Waals surface area contributed by atoms with E-state index in [0.717, 1.165) is 23.7 Å². The second kappa shape index (κ2) is 9.00. The lowest BCUT2D eigenvalue weighted by atomic mass is 10.00. The molecule has 26 heavy (non-hydrogen) atoms. The Morgan fingerprint density at radius 1 is 1.23 bits per heavy atom. The highest BCUT2D eigenvalue weighted by atomic mass is 79.9. The number of hydrogen-bond acceptors (Lipinski definition) is 3. The minimum atomic E-state index is -0.0397. The van der Waals surface area contributed by atoms with Crippen LogP contribution in [0, 0.1) is 0 Å². The lowest BCUT2D eigenvalue weighted by molar-refractivity contribution is 0.0792. The summed E-state index contributed by atoms with van der Waals surface area (Å²) >= 11 is 9.55. The summed E-state index contributed by atoms with van der Waals surface area (Å²) in [5.74, 6) is -0.0397. The van der Waals surface area contributed by atoms with Gasteiger partial charge in [0.05, 0.1) is 10.6 Å². The monoisotopic (exact) mass is 435 g/mol. The van der Waals surface area contributed by atoms with Gasteiger partial charge in [0.15, 0.2) is 0 Å². The zero-order valence-corrected chi connectivity index (χ0v) is 17.1. The van der Waals surface area contributed by atoms with Gasteiger partial charge in [-0.25, -0.2) is 0 Å². The lowest BCUT2D eigenvalue weighted by Crippen LogP contribution is -2.32. The van der Waals surface area contributed by atoms with Gasteiger partial charge in [0.25, 0.3) is 5.91 Å². The summed E-state index contributed by atoms with van der Waals surface area (Å²) < 4.78 is 0.870. The Kier molecular flexibility index (Phi) is 6.70. The molecule has 3 rings (SSSR count). The SMILES string of the molecule is CN(CCCC1CC(c2ccccc2)NN1)C(=O)c1ccc(Br)cc1Cl. The van der Waals surface area contributed by atoms with E-state index in [2.05, 4.69) is 51.0 Å². The number of nitrogens with one attached hydrogen (secondary N) is 2. The summed E-state index contributed by atoms with van der Waals surface area (Å²) in [6.07, 6.45) is 3.01. The van der Waals surface area contributed by atoms with E-state index in [9.17, 15) is 4.79 Å². The van der Waals surface area contributed by atoms with Crippen molar-refractivity contribution in [3.05, 3.63) is 69.2 Å². The Labute approximate surface area is 168 Å². The smallest absolute Gasteiger partial charge is 0.255 e. The molecule has 1 aliphatic rings. The summed E-state index contributed by atoms with van der Waals surface area (Å²) in [7, 11) is 1.83. The van der Waals surface area contributed by atoms with Crippen LogP contribution in [0.25, 0.3) is 0 Å². The average Bonchev–Trinajstić information content (AvgIpc) is 3.11. The van der Waals surface area contributed by atoms with Crippen molar-refractivity contribution in [2.24, 2.45) is 0 Å². The van der Waals surface area contributed by atoms with E-state index >= 15 is 0 Å². The van der Waals surface area contributed by atoms with Crippen LogP contribution in [-0.4, -0.2) is 30.4 Å². The topological polar surface area (TPSA) is 44.4 Å². The molecule has 1 fully saturated rings. The highest BCUT2D eigenvalue weighted by molar-refractivity contribution is 9.10. The molecule has 6 heteroatoms. The maximum atomic E-state index is 12.5. The molecule has 0 aromatic heterocycles. The van der Waals surface area contributed by atoms with Crippen molar-refractivity contribution in [3.63, 3.8) is 0 Å². The molecule has 0 bridgehead atoms. The predicted octanol–water partition coefficient (Wildman–Crippen LogP) is 4.56. The summed E-state index contributed by atoms with van der Waals surface area (Å²) in [6, 6.07) is 16.6. The third-order valence-corrected chi connectivity index (χ3v) is 5.54. The van der Waals surface area contributed by atoms with Gasteiger partial charge in [0, 0.05) is 30.1 Å². The number of rotatable bonds is 6. The van der Waals surface area contributed by atoms with Gasteiger partial charge in [-0.2, -0.15) is 0 Å². The van der Waals surface area contributed by atoms with Crippen molar-refractivity contribution in [3.8, 4) is 0 Å². The van der Waals surface area contributed by atoms with E-state index in [-0.39, 0.29) is 5.91 Å². The molecule has 1 heterocycles. The van der Waals surface area contributed by atoms with Gasteiger partial charge in [-0.3, -0.25) is 15.6 Å². The Balaban J connectivity index is 1.45. The third kappa shape index (κ3) is 4.86. The minimum absolute atomic E-state index is 0.0397. The highest BCUT2D eigenvalue weighted by Gasteiger charge is 2.24. The molecule has 1 amide bonds. The number of nitrogens with zero attached hydrogens (tertiary/aromatic N) is 1. The number of amides is 1. The molecule has 138 valence electrons. The lowest BCUT2D eigenvalue weighted by Gasteiger charge is -2.19. The number of halogens is 2. The largest absolute Gasteiger partial charge is 0.342 e. The number of hydrogen-bond donors (Lipinski definition) is 2. The molecule has 2 N–H and O–H groups in total. The molecular formula is C20H23BrClN3O. The molecule has 2 unspecified atom stereocenters. The third-order valence-electron chi connectivity index (χ3n) is 4.74. The normalized spacial score (nSPS) is 19.5. The maximum Gasteiger partial charge on any atom is 0.255 e. The first-order valence-corrected chi connectivity index (χ1v) is 9.98. The zero-order valence-electron chi connectivity index (χ0n) is 14.7. The summed E-state index contributed by atoms with van der Waals surface area (Å²) in [5, 5.41) is 0.476. The van der Waals surface area contributed by atoms with Gasteiger partial charge in [0.2, 0.25) is 0 Å². The molecule has 1 saturated heterocycles. The quantitative estimate of drug-likeness (QED) is 0.697. The van der Waals surface area contributed by atoms with Crippen molar-refractivity contribution in [1.29, 1.82) is 0 Å². The van der Waals surface area contributed by atoms with Gasteiger partial charge < -0.3 is 4.90 Å². The molecule has 2 aromatic carbocycles. The fourth-order valence-corrected chi connectivity index (χ4v) is 4.01. The van der Waals surface area contributed by atoms with Crippen LogP contribution in [0.15, 0.2) is 53.0 Å². The van der Waals surface area contributed by atoms with Crippen LogP contribution in [0.4, 0.5) is 0 Å². The van der Waals surface area contributed by atoms with E-state index in [4.69, 9.17) is 11.6 Å². The number of carbonyl (C=O) groups is 1. The van der Waals surface area contributed by atoms with Crippen molar-refractivity contribution >= 4 is 33.4 Å². The van der Waals surface area contributed by atoms with Crippen LogP contribution in [0.5, 0.6) is 0 Å². The minimum Gasteiger partial charge on any atom is -0.342 e. The number of carbonyl (C=O) groups excluding carboxylic acids is 1. The first kappa shape index (κ1) is 19.4. The fourth-order valence-electron chi connectivity index (χ4n) is 3.26. The first-order chi connectivity index (χ1) is 12.5. The first-order valence-electron chi connectivity index (χ1n) is 8.81. The Bertz CT molecular complexity index is 756. The van der Waals surface area contributed by atoms with E-state index in [1.807, 2.05) is 19.2 Å². The second-order valence-electron chi connectivity index (χ2n) is 6.68. The molecule has 4 nitrogen and oxygen atoms in total. The van der Waals surface area contributed by atoms with E-state index < -0.39 is 0 Å². The van der Waals surface area contributed by atoms with Crippen LogP contribution in [0.2, 0.25) is 5.02 Å². The van der Waals surface area contributed by atoms with Crippen molar-refractivity contribution in [1.82, 2.24) is 15.8 Å². The summed E-state index contributed by atoms with van der Waals surface area (Å²) in [4.78, 5) is 14.3. The Morgan fingerprint density at radius 3 is 2.73 bits per heavy atom. The molecular weight excluding hydrogens is 414 g/mol. The van der Waals surface area contributed by atoms with E-state index in [1.165, 1.54) is 5.56 Å². The van der Waals surface area contributed by atoms with Crippen LogP contribution in [-0.2, 0) is 0 Å². The molecule has 1 aliphatic heterocycles. The highest BCUT2D eigenvalue weighted by Crippen LogP contribution is 2.25. The van der Waals surface area contributed by atoms with Crippen molar-refractivity contribution < 1.29 is 4.79 Å². The van der Waals surface area contributed by atoms with Gasteiger partial charge in [-0.1, -0.05) is 57.9 Å². The Hall–Kier alpha value is -1.40. The van der Waals surface area contributed by atoms with Crippen LogP contribution in [0.3, 0.4) is 0 Å². The van der Waals surface area contributed by atoms with Gasteiger partial charge in [0.1, 0.15) is 0 Å². The fraction of sp³-hybridized carbons (Fsp3) is 0.350. The summed E-state index contributed by atoms with van der Waals surface area (Å²) in [6.45, 7) is 0.708. The maximum absolute atomic E-state index is 12.5. The summed E-state index contributed by atoms with van der Waals surface area (Å²) in [5.41, 5.74) is 8.59. The molecule has 0 saturated carbocycles. The molecule has 0 radical (unpaired) electrons. The van der Waals surface area contributed by atoms with Crippen LogP contribution < -0.4 is 10.9 Å². The predicted molar refractivity (Wildman–Crippen MR) is 109 cm³/mol. The molecule has 0 aliphatic carbocycles. The van der Waals surface area contributed by atoms with Crippen molar-refractivity contribution in [2.45, 2.75) is 31.3 Å². The zero-order chi connectivity index (χ0) is 18.5.